The number of carbonyl (C=O) groups excluding carboxylic acids is 2. The molecule has 3 N–H and O–H groups in total. The third kappa shape index (κ3) is 3.60. The van der Waals surface area contributed by atoms with Gasteiger partial charge in [-0.1, -0.05) is 12.1 Å². The van der Waals surface area contributed by atoms with E-state index in [9.17, 15) is 9.59 Å². The van der Waals surface area contributed by atoms with Crippen LogP contribution in [-0.2, 0) is 4.79 Å². The van der Waals surface area contributed by atoms with Gasteiger partial charge in [-0.25, -0.2) is 0 Å². The first kappa shape index (κ1) is 15.7. The largest absolute Gasteiger partial charge is 0.366 e. The topological polar surface area (TPSA) is 75.4 Å². The lowest BCUT2D eigenvalue weighted by Gasteiger charge is -2.23. The van der Waals surface area contributed by atoms with Crippen LogP contribution in [0.4, 0.5) is 5.69 Å². The molecule has 1 aromatic carbocycles. The maximum atomic E-state index is 12.4. The fourth-order valence-corrected chi connectivity index (χ4v) is 3.75. The van der Waals surface area contributed by atoms with E-state index < -0.39 is 5.91 Å². The predicted octanol–water partition coefficient (Wildman–Crippen LogP) is 2.62. The average Bonchev–Trinajstić information content (AvgIpc) is 3.18. The summed E-state index contributed by atoms with van der Waals surface area (Å²) < 4.78 is 0. The van der Waals surface area contributed by atoms with Crippen molar-refractivity contribution in [3.63, 3.8) is 0 Å². The van der Waals surface area contributed by atoms with E-state index in [4.69, 9.17) is 5.73 Å². The number of rotatable bonds is 5. The van der Waals surface area contributed by atoms with Gasteiger partial charge >= 0.3 is 0 Å². The molecule has 3 rings (SSSR count). The summed E-state index contributed by atoms with van der Waals surface area (Å²) >= 11 is 1.68. The Labute approximate surface area is 139 Å². The van der Waals surface area contributed by atoms with Gasteiger partial charge in [-0.15, -0.1) is 0 Å². The number of para-hydroxylation sites is 1. The van der Waals surface area contributed by atoms with E-state index >= 15 is 0 Å². The van der Waals surface area contributed by atoms with Crippen LogP contribution in [0.1, 0.15) is 34.8 Å². The van der Waals surface area contributed by atoms with Crippen LogP contribution in [0.2, 0.25) is 0 Å². The van der Waals surface area contributed by atoms with Gasteiger partial charge in [-0.2, -0.15) is 11.3 Å². The van der Waals surface area contributed by atoms with E-state index in [2.05, 4.69) is 27.0 Å². The summed E-state index contributed by atoms with van der Waals surface area (Å²) in [6.45, 7) is 1.22. The molecule has 1 fully saturated rings. The smallest absolute Gasteiger partial charge is 0.250 e. The molecular formula is C17H19N3O2S. The van der Waals surface area contributed by atoms with Gasteiger partial charge < -0.3 is 11.1 Å². The number of carbonyl (C=O) groups is 2. The molecule has 1 aliphatic rings. The Hall–Kier alpha value is -2.18. The van der Waals surface area contributed by atoms with Gasteiger partial charge in [0.2, 0.25) is 5.91 Å². The summed E-state index contributed by atoms with van der Waals surface area (Å²) in [7, 11) is 0. The molecule has 2 heterocycles. The maximum Gasteiger partial charge on any atom is 0.250 e. The molecule has 6 heteroatoms. The quantitative estimate of drug-likeness (QED) is 0.885. The number of anilines is 1. The number of benzene rings is 1. The van der Waals surface area contributed by atoms with Crippen LogP contribution >= 0.6 is 11.3 Å². The fourth-order valence-electron chi connectivity index (χ4n) is 3.04. The van der Waals surface area contributed by atoms with Crippen LogP contribution in [0.5, 0.6) is 0 Å². The van der Waals surface area contributed by atoms with Gasteiger partial charge in [-0.3, -0.25) is 14.5 Å². The molecule has 0 unspecified atom stereocenters. The minimum absolute atomic E-state index is 0.124. The third-order valence-electron chi connectivity index (χ3n) is 4.10. The highest BCUT2D eigenvalue weighted by Gasteiger charge is 2.27. The van der Waals surface area contributed by atoms with Crippen molar-refractivity contribution in [1.82, 2.24) is 4.90 Å². The Morgan fingerprint density at radius 3 is 2.87 bits per heavy atom. The molecule has 2 aromatic rings. The molecule has 5 nitrogen and oxygen atoms in total. The Kier molecular flexibility index (Phi) is 4.73. The minimum atomic E-state index is -0.543. The van der Waals surface area contributed by atoms with Crippen molar-refractivity contribution >= 4 is 28.8 Å². The number of likely N-dealkylation sites (tertiary alicyclic amines) is 1. The average molecular weight is 329 g/mol. The van der Waals surface area contributed by atoms with Gasteiger partial charge in [0.15, 0.2) is 0 Å². The molecule has 1 atom stereocenters. The standard InChI is InChI=1S/C17H19N3O2S/c18-17(22)13-4-1-2-5-14(13)19-16(21)10-20-8-3-6-15(20)12-7-9-23-11-12/h1-2,4-5,7,9,11,15H,3,6,8,10H2,(H2,18,22)(H,19,21)/t15-/m0/s1. The van der Waals surface area contributed by atoms with E-state index in [0.29, 0.717) is 23.8 Å². The van der Waals surface area contributed by atoms with Crippen molar-refractivity contribution in [3.05, 3.63) is 52.2 Å². The van der Waals surface area contributed by atoms with Crippen molar-refractivity contribution in [1.29, 1.82) is 0 Å². The SMILES string of the molecule is NC(=O)c1ccccc1NC(=O)CN1CCC[C@H]1c1ccsc1. The zero-order valence-corrected chi connectivity index (χ0v) is 13.5. The number of hydrogen-bond donors (Lipinski definition) is 2. The number of hydrogen-bond acceptors (Lipinski definition) is 4. The third-order valence-corrected chi connectivity index (χ3v) is 4.81. The molecule has 1 aliphatic heterocycles. The molecule has 23 heavy (non-hydrogen) atoms. The van der Waals surface area contributed by atoms with Crippen LogP contribution in [0.3, 0.4) is 0 Å². The Morgan fingerprint density at radius 1 is 1.30 bits per heavy atom. The number of thiophene rings is 1. The molecule has 1 saturated heterocycles. The van der Waals surface area contributed by atoms with Crippen molar-refractivity contribution < 1.29 is 9.59 Å². The van der Waals surface area contributed by atoms with Gasteiger partial charge in [0.05, 0.1) is 17.8 Å². The molecule has 0 radical (unpaired) electrons. The van der Waals surface area contributed by atoms with Crippen LogP contribution in [0, 0.1) is 0 Å². The molecule has 120 valence electrons. The molecule has 0 aliphatic carbocycles. The molecular weight excluding hydrogens is 310 g/mol. The Balaban J connectivity index is 1.67. The number of primary amides is 1. The second kappa shape index (κ2) is 6.93. The monoisotopic (exact) mass is 329 g/mol. The van der Waals surface area contributed by atoms with Gasteiger partial charge in [-0.05, 0) is 53.9 Å². The summed E-state index contributed by atoms with van der Waals surface area (Å²) in [5, 5.41) is 7.01. The summed E-state index contributed by atoms with van der Waals surface area (Å²) in [5.41, 5.74) is 7.42. The van der Waals surface area contributed by atoms with Crippen LogP contribution in [-0.4, -0.2) is 29.8 Å². The number of nitrogens with two attached hydrogens (primary N) is 1. The zero-order valence-electron chi connectivity index (χ0n) is 12.7. The van der Waals surface area contributed by atoms with E-state index in [1.54, 1.807) is 35.6 Å². The van der Waals surface area contributed by atoms with Crippen molar-refractivity contribution in [2.24, 2.45) is 5.73 Å². The van der Waals surface area contributed by atoms with Crippen molar-refractivity contribution in [2.45, 2.75) is 18.9 Å². The highest BCUT2D eigenvalue weighted by molar-refractivity contribution is 7.07. The summed E-state index contributed by atoms with van der Waals surface area (Å²) in [6.07, 6.45) is 2.16. The van der Waals surface area contributed by atoms with Crippen LogP contribution in [0.15, 0.2) is 41.1 Å². The second-order valence-electron chi connectivity index (χ2n) is 5.64. The first-order chi connectivity index (χ1) is 11.1. The van der Waals surface area contributed by atoms with Gasteiger partial charge in [0.25, 0.3) is 5.91 Å². The summed E-state index contributed by atoms with van der Waals surface area (Å²) in [5.74, 6) is -0.668. The van der Waals surface area contributed by atoms with Crippen LogP contribution in [0.25, 0.3) is 0 Å². The molecule has 0 bridgehead atoms. The van der Waals surface area contributed by atoms with E-state index in [1.807, 2.05) is 0 Å². The van der Waals surface area contributed by atoms with Gasteiger partial charge in [0, 0.05) is 6.04 Å². The van der Waals surface area contributed by atoms with Crippen molar-refractivity contribution in [2.75, 3.05) is 18.4 Å². The summed E-state index contributed by atoms with van der Waals surface area (Å²) in [4.78, 5) is 26.0. The predicted molar refractivity (Wildman–Crippen MR) is 91.5 cm³/mol. The second-order valence-corrected chi connectivity index (χ2v) is 6.42. The lowest BCUT2D eigenvalue weighted by molar-refractivity contribution is -0.117. The first-order valence-electron chi connectivity index (χ1n) is 7.60. The first-order valence-corrected chi connectivity index (χ1v) is 8.54. The van der Waals surface area contributed by atoms with Crippen LogP contribution < -0.4 is 11.1 Å². The highest BCUT2D eigenvalue weighted by Crippen LogP contribution is 2.32. The lowest BCUT2D eigenvalue weighted by atomic mass is 10.1. The van der Waals surface area contributed by atoms with Gasteiger partial charge in [0.1, 0.15) is 0 Å². The van der Waals surface area contributed by atoms with E-state index in [1.165, 1.54) is 5.56 Å². The number of nitrogens with one attached hydrogen (secondary N) is 1. The Morgan fingerprint density at radius 2 is 2.13 bits per heavy atom. The highest BCUT2D eigenvalue weighted by atomic mass is 32.1. The maximum absolute atomic E-state index is 12.4. The number of amides is 2. The normalized spacial score (nSPS) is 18.0. The van der Waals surface area contributed by atoms with Crippen molar-refractivity contribution in [3.8, 4) is 0 Å². The Bertz CT molecular complexity index is 700. The lowest BCUT2D eigenvalue weighted by Crippen LogP contribution is -2.33. The van der Waals surface area contributed by atoms with E-state index in [-0.39, 0.29) is 5.91 Å². The molecule has 0 spiro atoms. The molecule has 2 amide bonds. The van der Waals surface area contributed by atoms with E-state index in [0.717, 1.165) is 19.4 Å². The fraction of sp³-hybridized carbons (Fsp3) is 0.294. The minimum Gasteiger partial charge on any atom is -0.366 e. The zero-order chi connectivity index (χ0) is 16.2. The molecule has 1 aromatic heterocycles. The number of nitrogens with zero attached hydrogens (tertiary/aromatic N) is 1. The summed E-state index contributed by atoms with van der Waals surface area (Å²) in [6, 6.07) is 9.22. The molecule has 0 saturated carbocycles.